The molecule has 0 bridgehead atoms. The summed E-state index contributed by atoms with van der Waals surface area (Å²) in [5.41, 5.74) is 8.59. The fourth-order valence-corrected chi connectivity index (χ4v) is 3.21. The Labute approximate surface area is 166 Å². The minimum absolute atomic E-state index is 0.0445. The second-order valence-electron chi connectivity index (χ2n) is 5.81. The molecule has 0 atom stereocenters. The van der Waals surface area contributed by atoms with Crippen LogP contribution < -0.4 is 5.73 Å². The second-order valence-corrected chi connectivity index (χ2v) is 7.05. The number of nitrogen functional groups attached to an aromatic ring is 1. The van der Waals surface area contributed by atoms with Crippen molar-refractivity contribution in [1.82, 2.24) is 20.2 Å². The van der Waals surface area contributed by atoms with Crippen molar-refractivity contribution in [2.45, 2.75) is 6.43 Å². The first-order valence-corrected chi connectivity index (χ1v) is 9.04. The maximum Gasteiger partial charge on any atom is 0.264 e. The van der Waals surface area contributed by atoms with Gasteiger partial charge in [-0.1, -0.05) is 18.2 Å². The summed E-state index contributed by atoms with van der Waals surface area (Å²) in [4.78, 5) is 8.48. The van der Waals surface area contributed by atoms with Crippen molar-refractivity contribution in [3.63, 3.8) is 0 Å². The number of rotatable bonds is 3. The largest absolute Gasteiger partial charge is 0.366 e. The van der Waals surface area contributed by atoms with E-state index in [0.717, 1.165) is 9.13 Å². The monoisotopic (exact) mass is 475 g/mol. The molecule has 0 aliphatic rings. The Bertz CT molecular complexity index is 1130. The predicted octanol–water partition coefficient (Wildman–Crippen LogP) is 4.88. The molecule has 0 aliphatic carbocycles. The lowest BCUT2D eigenvalue weighted by Gasteiger charge is -2.10. The van der Waals surface area contributed by atoms with Crippen molar-refractivity contribution >= 4 is 39.4 Å². The van der Waals surface area contributed by atoms with Gasteiger partial charge in [-0.2, -0.15) is 0 Å². The first-order chi connectivity index (χ1) is 13.0. The Kier molecular flexibility index (Phi) is 4.65. The van der Waals surface area contributed by atoms with Gasteiger partial charge in [0.1, 0.15) is 11.4 Å². The van der Waals surface area contributed by atoms with E-state index in [4.69, 9.17) is 5.73 Å². The highest BCUT2D eigenvalue weighted by molar-refractivity contribution is 14.1. The molecule has 0 aliphatic heterocycles. The molecule has 2 aromatic heterocycles. The minimum atomic E-state index is -2.60. The first kappa shape index (κ1) is 17.7. The van der Waals surface area contributed by atoms with Gasteiger partial charge >= 0.3 is 0 Å². The number of pyridine rings is 1. The predicted molar refractivity (Wildman–Crippen MR) is 108 cm³/mol. The highest BCUT2D eigenvalue weighted by Gasteiger charge is 2.16. The Balaban J connectivity index is 1.93. The number of halogens is 3. The maximum absolute atomic E-state index is 13.4. The van der Waals surface area contributed by atoms with Crippen LogP contribution in [0.15, 0.2) is 54.7 Å². The highest BCUT2D eigenvalue weighted by Crippen LogP contribution is 2.33. The molecule has 2 heterocycles. The fourth-order valence-electron chi connectivity index (χ4n) is 2.85. The number of nitrogens with zero attached hydrogens (tertiary/aromatic N) is 4. The van der Waals surface area contributed by atoms with Crippen molar-refractivity contribution < 1.29 is 8.78 Å². The standard InChI is InChI=1S/C19H12F2IN5/c20-18(21)13-7-8-24-15-6-3-11(9-14(13)15)17-16(25-19(23)27-26-17)10-1-4-12(22)5-2-10/h1-9,18H,(H2,23,25,27). The van der Waals surface area contributed by atoms with Gasteiger partial charge in [-0.05, 0) is 52.9 Å². The van der Waals surface area contributed by atoms with Crippen molar-refractivity contribution in [2.75, 3.05) is 5.73 Å². The summed E-state index contributed by atoms with van der Waals surface area (Å²) in [6, 6.07) is 14.1. The van der Waals surface area contributed by atoms with E-state index < -0.39 is 6.43 Å². The summed E-state index contributed by atoms with van der Waals surface area (Å²) in [6.07, 6.45) is -1.22. The van der Waals surface area contributed by atoms with Gasteiger partial charge in [0, 0.05) is 31.8 Å². The molecule has 0 saturated heterocycles. The summed E-state index contributed by atoms with van der Waals surface area (Å²) in [5.74, 6) is 0.0445. The summed E-state index contributed by atoms with van der Waals surface area (Å²) in [6.45, 7) is 0. The van der Waals surface area contributed by atoms with Crippen LogP contribution in [0.25, 0.3) is 33.4 Å². The van der Waals surface area contributed by atoms with Crippen molar-refractivity contribution in [3.8, 4) is 22.5 Å². The Morgan fingerprint density at radius 2 is 1.63 bits per heavy atom. The third kappa shape index (κ3) is 3.44. The molecular weight excluding hydrogens is 463 g/mol. The second kappa shape index (κ2) is 7.10. The summed E-state index contributed by atoms with van der Waals surface area (Å²) < 4.78 is 27.8. The highest BCUT2D eigenvalue weighted by atomic mass is 127. The van der Waals surface area contributed by atoms with E-state index >= 15 is 0 Å². The molecule has 8 heteroatoms. The van der Waals surface area contributed by atoms with Crippen LogP contribution in [-0.2, 0) is 0 Å². The smallest absolute Gasteiger partial charge is 0.264 e. The summed E-state index contributed by atoms with van der Waals surface area (Å²) >= 11 is 2.21. The SMILES string of the molecule is Nc1nnc(-c2ccc3nccc(C(F)F)c3c2)c(-c2ccc(I)cc2)n1. The van der Waals surface area contributed by atoms with Gasteiger partial charge < -0.3 is 5.73 Å². The quantitative estimate of drug-likeness (QED) is 0.428. The molecule has 0 radical (unpaired) electrons. The van der Waals surface area contributed by atoms with E-state index in [1.807, 2.05) is 24.3 Å². The van der Waals surface area contributed by atoms with E-state index in [9.17, 15) is 8.78 Å². The van der Waals surface area contributed by atoms with Crippen LogP contribution in [0.3, 0.4) is 0 Å². The summed E-state index contributed by atoms with van der Waals surface area (Å²) in [5, 5.41) is 8.40. The Hall–Kier alpha value is -2.75. The third-order valence-corrected chi connectivity index (χ3v) is 4.82. The fraction of sp³-hybridized carbons (Fsp3) is 0.0526. The minimum Gasteiger partial charge on any atom is -0.366 e. The Morgan fingerprint density at radius 3 is 2.37 bits per heavy atom. The Morgan fingerprint density at radius 1 is 0.889 bits per heavy atom. The molecule has 0 fully saturated rings. The third-order valence-electron chi connectivity index (χ3n) is 4.10. The topological polar surface area (TPSA) is 77.6 Å². The molecule has 4 rings (SSSR count). The van der Waals surface area contributed by atoms with Gasteiger partial charge in [-0.25, -0.2) is 13.8 Å². The van der Waals surface area contributed by atoms with Crippen LogP contribution >= 0.6 is 22.6 Å². The van der Waals surface area contributed by atoms with Crippen LogP contribution in [0.2, 0.25) is 0 Å². The number of anilines is 1. The van der Waals surface area contributed by atoms with Crippen LogP contribution in [0.5, 0.6) is 0 Å². The van der Waals surface area contributed by atoms with E-state index in [1.54, 1.807) is 18.2 Å². The lowest BCUT2D eigenvalue weighted by molar-refractivity contribution is 0.153. The van der Waals surface area contributed by atoms with Crippen molar-refractivity contribution in [2.24, 2.45) is 0 Å². The van der Waals surface area contributed by atoms with Gasteiger partial charge in [0.15, 0.2) is 0 Å². The molecule has 2 aromatic carbocycles. The number of nitrogens with two attached hydrogens (primary N) is 1. The average Bonchev–Trinajstić information content (AvgIpc) is 2.67. The molecule has 27 heavy (non-hydrogen) atoms. The van der Waals surface area contributed by atoms with E-state index in [-0.39, 0.29) is 11.5 Å². The number of fused-ring (bicyclic) bond motifs is 1. The zero-order valence-electron chi connectivity index (χ0n) is 13.8. The van der Waals surface area contributed by atoms with Crippen molar-refractivity contribution in [1.29, 1.82) is 0 Å². The van der Waals surface area contributed by atoms with E-state index in [0.29, 0.717) is 27.9 Å². The zero-order valence-corrected chi connectivity index (χ0v) is 15.9. The number of hydrogen-bond acceptors (Lipinski definition) is 5. The molecular formula is C19H12F2IN5. The number of aromatic nitrogens is 4. The number of alkyl halides is 2. The number of benzene rings is 2. The average molecular weight is 475 g/mol. The molecule has 0 saturated carbocycles. The van der Waals surface area contributed by atoms with E-state index in [2.05, 4.69) is 42.8 Å². The molecule has 0 amide bonds. The molecule has 0 spiro atoms. The summed E-state index contributed by atoms with van der Waals surface area (Å²) in [7, 11) is 0. The molecule has 4 aromatic rings. The van der Waals surface area contributed by atoms with Gasteiger partial charge in [-0.15, -0.1) is 10.2 Å². The maximum atomic E-state index is 13.4. The zero-order chi connectivity index (χ0) is 19.0. The van der Waals surface area contributed by atoms with Gasteiger partial charge in [-0.3, -0.25) is 4.98 Å². The van der Waals surface area contributed by atoms with Crippen molar-refractivity contribution in [3.05, 3.63) is 63.9 Å². The normalized spacial score (nSPS) is 11.3. The van der Waals surface area contributed by atoms with Gasteiger partial charge in [0.05, 0.1) is 5.52 Å². The number of hydrogen-bond donors (Lipinski definition) is 1. The van der Waals surface area contributed by atoms with E-state index in [1.165, 1.54) is 12.3 Å². The van der Waals surface area contributed by atoms with Crippen LogP contribution in [0.4, 0.5) is 14.7 Å². The molecule has 0 unspecified atom stereocenters. The lowest BCUT2D eigenvalue weighted by atomic mass is 10.0. The van der Waals surface area contributed by atoms with Crippen LogP contribution in [0.1, 0.15) is 12.0 Å². The van der Waals surface area contributed by atoms with Crippen LogP contribution in [-0.4, -0.2) is 20.2 Å². The van der Waals surface area contributed by atoms with Gasteiger partial charge in [0.25, 0.3) is 6.43 Å². The van der Waals surface area contributed by atoms with Gasteiger partial charge in [0.2, 0.25) is 5.95 Å². The first-order valence-electron chi connectivity index (χ1n) is 7.96. The molecule has 5 nitrogen and oxygen atoms in total. The molecule has 2 N–H and O–H groups in total. The molecule has 134 valence electrons. The van der Waals surface area contributed by atoms with Crippen LogP contribution in [0, 0.1) is 3.57 Å². The lowest BCUT2D eigenvalue weighted by Crippen LogP contribution is -2.02.